The molecule has 0 saturated heterocycles. The molecule has 0 saturated carbocycles. The van der Waals surface area contributed by atoms with E-state index in [1.807, 2.05) is 42.5 Å². The van der Waals surface area contributed by atoms with Crippen molar-refractivity contribution in [1.29, 1.82) is 5.26 Å². The molecule has 4 nitrogen and oxygen atoms in total. The second-order valence-electron chi connectivity index (χ2n) is 5.72. The first-order valence-electron chi connectivity index (χ1n) is 7.93. The van der Waals surface area contributed by atoms with Crippen LogP contribution in [0.3, 0.4) is 0 Å². The number of rotatable bonds is 3. The van der Waals surface area contributed by atoms with Gasteiger partial charge < -0.3 is 5.32 Å². The maximum absolute atomic E-state index is 9.34. The lowest BCUT2D eigenvalue weighted by atomic mass is 10.0. The number of hydrogen-bond donors (Lipinski definition) is 1. The minimum atomic E-state index is 0.569. The number of halogens is 1. The molecule has 0 radical (unpaired) electrons. The maximum Gasteiger partial charge on any atom is 0.143 e. The zero-order valence-corrected chi connectivity index (χ0v) is 15.4. The van der Waals surface area contributed by atoms with Gasteiger partial charge in [0.25, 0.3) is 0 Å². The van der Waals surface area contributed by atoms with Crippen molar-refractivity contribution in [2.24, 2.45) is 0 Å². The Morgan fingerprint density at radius 3 is 2.62 bits per heavy atom. The van der Waals surface area contributed by atoms with Crippen molar-refractivity contribution < 1.29 is 0 Å². The Morgan fingerprint density at radius 1 is 1.08 bits per heavy atom. The fourth-order valence-electron chi connectivity index (χ4n) is 2.92. The monoisotopic (exact) mass is 376 g/mol. The van der Waals surface area contributed by atoms with Gasteiger partial charge in [-0.1, -0.05) is 35.9 Å². The number of nitrogens with one attached hydrogen (secondary N) is 1. The van der Waals surface area contributed by atoms with E-state index in [0.29, 0.717) is 16.4 Å². The molecule has 2 aromatic carbocycles. The molecule has 4 rings (SSSR count). The van der Waals surface area contributed by atoms with Crippen LogP contribution in [-0.2, 0) is 0 Å². The minimum Gasteiger partial charge on any atom is -0.338 e. The van der Waals surface area contributed by atoms with Crippen LogP contribution in [0, 0.1) is 18.3 Å². The molecular weight excluding hydrogens is 364 g/mol. The van der Waals surface area contributed by atoms with Crippen LogP contribution >= 0.6 is 22.9 Å². The highest BCUT2D eigenvalue weighted by molar-refractivity contribution is 7.19. The predicted octanol–water partition coefficient (Wildman–Crippen LogP) is 5.94. The van der Waals surface area contributed by atoms with Crippen molar-refractivity contribution in [3.8, 4) is 17.2 Å². The third kappa shape index (κ3) is 2.90. The van der Waals surface area contributed by atoms with Gasteiger partial charge in [-0.05, 0) is 36.8 Å². The van der Waals surface area contributed by atoms with Gasteiger partial charge in [-0.3, -0.25) is 0 Å². The standard InChI is InChI=1S/C20H13ClN4S/c1-12-17(13-6-8-15(21)9-7-13)18-19(23-11-24-20(18)26-12)25-16-5-3-2-4-14(16)10-22/h2-9,11H,1H3,(H,23,24,25). The summed E-state index contributed by atoms with van der Waals surface area (Å²) in [4.78, 5) is 10.9. The second kappa shape index (κ2) is 6.75. The van der Waals surface area contributed by atoms with Crippen LogP contribution in [0.15, 0.2) is 54.9 Å². The SMILES string of the molecule is Cc1sc2ncnc(Nc3ccccc3C#N)c2c1-c1ccc(Cl)cc1. The smallest absolute Gasteiger partial charge is 0.143 e. The van der Waals surface area contributed by atoms with E-state index < -0.39 is 0 Å². The van der Waals surface area contributed by atoms with Crippen LogP contribution in [-0.4, -0.2) is 9.97 Å². The van der Waals surface area contributed by atoms with Gasteiger partial charge in [-0.2, -0.15) is 5.26 Å². The Morgan fingerprint density at radius 2 is 1.85 bits per heavy atom. The van der Waals surface area contributed by atoms with E-state index in [1.54, 1.807) is 23.7 Å². The molecule has 0 fully saturated rings. The van der Waals surface area contributed by atoms with Crippen molar-refractivity contribution >= 4 is 44.7 Å². The zero-order valence-electron chi connectivity index (χ0n) is 13.8. The number of thiophene rings is 1. The highest BCUT2D eigenvalue weighted by Gasteiger charge is 2.17. The summed E-state index contributed by atoms with van der Waals surface area (Å²) in [5.41, 5.74) is 3.43. The number of aryl methyl sites for hydroxylation is 1. The first kappa shape index (κ1) is 16.5. The third-order valence-electron chi connectivity index (χ3n) is 4.10. The lowest BCUT2D eigenvalue weighted by Crippen LogP contribution is -1.97. The number of anilines is 2. The molecule has 0 bridgehead atoms. The number of nitriles is 1. The molecule has 126 valence electrons. The Kier molecular flexibility index (Phi) is 4.29. The summed E-state index contributed by atoms with van der Waals surface area (Å²) in [6.45, 7) is 2.07. The van der Waals surface area contributed by atoms with Crippen molar-refractivity contribution in [3.05, 3.63) is 70.3 Å². The molecule has 0 amide bonds. The first-order chi connectivity index (χ1) is 12.7. The lowest BCUT2D eigenvalue weighted by molar-refractivity contribution is 1.23. The highest BCUT2D eigenvalue weighted by atomic mass is 35.5. The van der Waals surface area contributed by atoms with E-state index in [2.05, 4.69) is 28.3 Å². The Hall–Kier alpha value is -2.94. The third-order valence-corrected chi connectivity index (χ3v) is 5.36. The summed E-state index contributed by atoms with van der Waals surface area (Å²) in [6.07, 6.45) is 1.54. The summed E-state index contributed by atoms with van der Waals surface area (Å²) in [6, 6.07) is 17.3. The highest BCUT2D eigenvalue weighted by Crippen LogP contribution is 2.41. The molecule has 0 aliphatic heterocycles. The van der Waals surface area contributed by atoms with E-state index in [0.717, 1.165) is 31.9 Å². The van der Waals surface area contributed by atoms with Crippen molar-refractivity contribution in [3.63, 3.8) is 0 Å². The van der Waals surface area contributed by atoms with Gasteiger partial charge in [-0.15, -0.1) is 11.3 Å². The summed E-state index contributed by atoms with van der Waals surface area (Å²) in [7, 11) is 0. The van der Waals surface area contributed by atoms with E-state index in [-0.39, 0.29) is 0 Å². The topological polar surface area (TPSA) is 61.6 Å². The van der Waals surface area contributed by atoms with Gasteiger partial charge in [0.15, 0.2) is 0 Å². The summed E-state index contributed by atoms with van der Waals surface area (Å²) in [5, 5.41) is 14.3. The van der Waals surface area contributed by atoms with E-state index in [1.165, 1.54) is 0 Å². The van der Waals surface area contributed by atoms with Crippen LogP contribution < -0.4 is 5.32 Å². The van der Waals surface area contributed by atoms with Gasteiger partial charge in [-0.25, -0.2) is 9.97 Å². The molecule has 0 atom stereocenters. The molecule has 2 aromatic heterocycles. The van der Waals surface area contributed by atoms with Crippen LogP contribution in [0.25, 0.3) is 21.3 Å². The van der Waals surface area contributed by atoms with Crippen molar-refractivity contribution in [2.75, 3.05) is 5.32 Å². The number of nitrogens with zero attached hydrogens (tertiary/aromatic N) is 3. The first-order valence-corrected chi connectivity index (χ1v) is 9.13. The van der Waals surface area contributed by atoms with Gasteiger partial charge in [0.1, 0.15) is 23.0 Å². The van der Waals surface area contributed by atoms with E-state index in [9.17, 15) is 5.26 Å². The molecule has 0 aliphatic carbocycles. The van der Waals surface area contributed by atoms with Crippen molar-refractivity contribution in [1.82, 2.24) is 9.97 Å². The maximum atomic E-state index is 9.34. The van der Waals surface area contributed by atoms with Crippen LogP contribution in [0.5, 0.6) is 0 Å². The lowest BCUT2D eigenvalue weighted by Gasteiger charge is -2.10. The van der Waals surface area contributed by atoms with Gasteiger partial charge in [0.05, 0.1) is 16.6 Å². The molecule has 6 heteroatoms. The Labute approximate surface area is 159 Å². The number of hydrogen-bond acceptors (Lipinski definition) is 5. The molecule has 2 heterocycles. The predicted molar refractivity (Wildman–Crippen MR) is 107 cm³/mol. The molecular formula is C20H13ClN4S. The average Bonchev–Trinajstić information content (AvgIpc) is 3.00. The van der Waals surface area contributed by atoms with Crippen LogP contribution in [0.2, 0.25) is 5.02 Å². The molecule has 0 aliphatic rings. The Balaban J connectivity index is 1.91. The van der Waals surface area contributed by atoms with Crippen molar-refractivity contribution in [2.45, 2.75) is 6.92 Å². The quantitative estimate of drug-likeness (QED) is 0.481. The number of fused-ring (bicyclic) bond motifs is 1. The molecule has 26 heavy (non-hydrogen) atoms. The largest absolute Gasteiger partial charge is 0.338 e. The average molecular weight is 377 g/mol. The molecule has 0 spiro atoms. The molecule has 0 unspecified atom stereocenters. The number of aromatic nitrogens is 2. The van der Waals surface area contributed by atoms with Gasteiger partial charge in [0, 0.05) is 15.5 Å². The summed E-state index contributed by atoms with van der Waals surface area (Å²) in [5.74, 6) is 0.687. The zero-order chi connectivity index (χ0) is 18.1. The van der Waals surface area contributed by atoms with Gasteiger partial charge in [0.2, 0.25) is 0 Å². The molecule has 1 N–H and O–H groups in total. The number of para-hydroxylation sites is 1. The molecule has 4 aromatic rings. The number of benzene rings is 2. The normalized spacial score (nSPS) is 10.7. The fraction of sp³-hybridized carbons (Fsp3) is 0.0500. The minimum absolute atomic E-state index is 0.569. The van der Waals surface area contributed by atoms with E-state index in [4.69, 9.17) is 11.6 Å². The van der Waals surface area contributed by atoms with E-state index >= 15 is 0 Å². The van der Waals surface area contributed by atoms with Crippen LogP contribution in [0.4, 0.5) is 11.5 Å². The van der Waals surface area contributed by atoms with Crippen LogP contribution in [0.1, 0.15) is 10.4 Å². The second-order valence-corrected chi connectivity index (χ2v) is 7.36. The summed E-state index contributed by atoms with van der Waals surface area (Å²) < 4.78 is 0. The fourth-order valence-corrected chi connectivity index (χ4v) is 4.06. The van der Waals surface area contributed by atoms with Gasteiger partial charge >= 0.3 is 0 Å². The summed E-state index contributed by atoms with van der Waals surface area (Å²) >= 11 is 7.66. The Bertz CT molecular complexity index is 1140.